The zero-order valence-corrected chi connectivity index (χ0v) is 15.5. The summed E-state index contributed by atoms with van der Waals surface area (Å²) in [6.07, 6.45) is 7.10. The topological polar surface area (TPSA) is 115 Å². The van der Waals surface area contributed by atoms with Crippen LogP contribution in [0.1, 0.15) is 34.6 Å². The highest BCUT2D eigenvalue weighted by Crippen LogP contribution is 2.03. The number of hydrogen-bond donors (Lipinski definition) is 2. The summed E-state index contributed by atoms with van der Waals surface area (Å²) < 4.78 is 3.48. The number of amides is 1. The van der Waals surface area contributed by atoms with Gasteiger partial charge in [-0.1, -0.05) is 16.5 Å². The van der Waals surface area contributed by atoms with Crippen molar-refractivity contribution >= 4 is 11.7 Å². The summed E-state index contributed by atoms with van der Waals surface area (Å²) in [7, 11) is 1.81. The molecule has 27 heavy (non-hydrogen) atoms. The number of nitrogens with zero attached hydrogens (tertiary/aromatic N) is 7. The Morgan fingerprint density at radius 3 is 2.48 bits per heavy atom. The summed E-state index contributed by atoms with van der Waals surface area (Å²) in [6, 6.07) is 3.85. The lowest BCUT2D eigenvalue weighted by Gasteiger charge is -2.03. The van der Waals surface area contributed by atoms with Gasteiger partial charge in [-0.3, -0.25) is 19.1 Å². The van der Waals surface area contributed by atoms with Gasteiger partial charge in [-0.05, 0) is 31.4 Å². The van der Waals surface area contributed by atoms with Crippen molar-refractivity contribution in [1.82, 2.24) is 40.3 Å². The fourth-order valence-electron chi connectivity index (χ4n) is 2.46. The lowest BCUT2D eigenvalue weighted by molar-refractivity contribution is 0.0946. The Balaban J connectivity index is 1.40. The van der Waals surface area contributed by atoms with Gasteiger partial charge in [-0.25, -0.2) is 0 Å². The summed E-state index contributed by atoms with van der Waals surface area (Å²) in [5.41, 5.74) is 2.19. The first-order valence-corrected chi connectivity index (χ1v) is 8.82. The highest BCUT2D eigenvalue weighted by atomic mass is 16.2. The standard InChI is InChI=1S/C17H23N9O/c1-13-5-6-14(9-19-13)10-20-17(27)15-11-25(23-21-15)7-3-4-8-26-12-16(18-2)22-24-26/h5-6,9,11-12,18H,3-4,7-8,10H2,1-2H3,(H,20,27). The van der Waals surface area contributed by atoms with Crippen LogP contribution in [0.25, 0.3) is 0 Å². The first-order chi connectivity index (χ1) is 13.1. The number of carbonyl (C=O) groups is 1. The molecule has 0 fully saturated rings. The van der Waals surface area contributed by atoms with Crippen molar-refractivity contribution in [2.24, 2.45) is 0 Å². The van der Waals surface area contributed by atoms with Crippen molar-refractivity contribution < 1.29 is 4.79 Å². The van der Waals surface area contributed by atoms with Crippen molar-refractivity contribution in [3.63, 3.8) is 0 Å². The molecule has 3 heterocycles. The third kappa shape index (κ3) is 5.33. The molecule has 0 aromatic carbocycles. The third-order valence-corrected chi connectivity index (χ3v) is 4.02. The third-order valence-electron chi connectivity index (χ3n) is 4.02. The second kappa shape index (κ2) is 8.88. The van der Waals surface area contributed by atoms with Gasteiger partial charge in [0.15, 0.2) is 11.5 Å². The maximum atomic E-state index is 12.2. The molecule has 0 saturated carbocycles. The predicted molar refractivity (Wildman–Crippen MR) is 99.0 cm³/mol. The Bertz CT molecular complexity index is 869. The number of rotatable bonds is 9. The van der Waals surface area contributed by atoms with Gasteiger partial charge in [-0.15, -0.1) is 10.2 Å². The van der Waals surface area contributed by atoms with E-state index < -0.39 is 0 Å². The number of hydrogen-bond acceptors (Lipinski definition) is 7. The second-order valence-electron chi connectivity index (χ2n) is 6.18. The summed E-state index contributed by atoms with van der Waals surface area (Å²) >= 11 is 0. The fraction of sp³-hybridized carbons (Fsp3) is 0.412. The van der Waals surface area contributed by atoms with Gasteiger partial charge in [0, 0.05) is 38.6 Å². The smallest absolute Gasteiger partial charge is 0.273 e. The molecule has 3 rings (SSSR count). The molecular formula is C17H23N9O. The number of unbranched alkanes of at least 4 members (excludes halogenated alkanes) is 1. The van der Waals surface area contributed by atoms with Crippen LogP contribution in [0, 0.1) is 6.92 Å². The van der Waals surface area contributed by atoms with Crippen LogP contribution in [0.5, 0.6) is 0 Å². The van der Waals surface area contributed by atoms with Crippen LogP contribution in [-0.4, -0.2) is 47.9 Å². The molecule has 10 heteroatoms. The lowest BCUT2D eigenvalue weighted by atomic mass is 10.2. The average Bonchev–Trinajstić information content (AvgIpc) is 3.34. The highest BCUT2D eigenvalue weighted by molar-refractivity contribution is 5.91. The number of aryl methyl sites for hydroxylation is 3. The SMILES string of the molecule is CNc1cn(CCCCn2cc(C(=O)NCc3ccc(C)nc3)nn2)nn1. The van der Waals surface area contributed by atoms with E-state index in [0.29, 0.717) is 18.8 Å². The minimum absolute atomic E-state index is 0.246. The van der Waals surface area contributed by atoms with Gasteiger partial charge in [0.05, 0.1) is 12.4 Å². The molecular weight excluding hydrogens is 346 g/mol. The molecule has 0 bridgehead atoms. The molecule has 0 spiro atoms. The maximum absolute atomic E-state index is 12.2. The van der Waals surface area contributed by atoms with Crippen molar-refractivity contribution in [1.29, 1.82) is 0 Å². The first-order valence-electron chi connectivity index (χ1n) is 8.82. The summed E-state index contributed by atoms with van der Waals surface area (Å²) in [5, 5.41) is 21.7. The number of anilines is 1. The fourth-order valence-corrected chi connectivity index (χ4v) is 2.46. The van der Waals surface area contributed by atoms with Crippen LogP contribution >= 0.6 is 0 Å². The molecule has 3 aromatic heterocycles. The van der Waals surface area contributed by atoms with E-state index in [1.165, 1.54) is 0 Å². The van der Waals surface area contributed by atoms with Crippen molar-refractivity contribution in [3.05, 3.63) is 47.7 Å². The number of aromatic nitrogens is 7. The molecule has 0 saturated heterocycles. The van der Waals surface area contributed by atoms with Gasteiger partial charge in [-0.2, -0.15) is 0 Å². The van der Waals surface area contributed by atoms with Gasteiger partial charge >= 0.3 is 0 Å². The quantitative estimate of drug-likeness (QED) is 0.541. The Morgan fingerprint density at radius 2 is 1.81 bits per heavy atom. The van der Waals surface area contributed by atoms with E-state index in [4.69, 9.17) is 0 Å². The second-order valence-corrected chi connectivity index (χ2v) is 6.18. The molecule has 10 nitrogen and oxygen atoms in total. The molecule has 0 aliphatic rings. The predicted octanol–water partition coefficient (Wildman–Crippen LogP) is 1.03. The summed E-state index contributed by atoms with van der Waals surface area (Å²) in [5.74, 6) is 0.507. The summed E-state index contributed by atoms with van der Waals surface area (Å²) in [6.45, 7) is 3.80. The Labute approximate surface area is 157 Å². The van der Waals surface area contributed by atoms with Crippen molar-refractivity contribution in [2.45, 2.75) is 39.4 Å². The number of carbonyl (C=O) groups excluding carboxylic acids is 1. The van der Waals surface area contributed by atoms with E-state index in [2.05, 4.69) is 36.2 Å². The van der Waals surface area contributed by atoms with E-state index in [0.717, 1.165) is 36.5 Å². The first kappa shape index (κ1) is 18.5. The Hall–Kier alpha value is -3.30. The molecule has 0 atom stereocenters. The normalized spacial score (nSPS) is 10.7. The molecule has 0 radical (unpaired) electrons. The van der Waals surface area contributed by atoms with Gasteiger partial charge < -0.3 is 10.6 Å². The van der Waals surface area contributed by atoms with E-state index in [-0.39, 0.29) is 5.91 Å². The van der Waals surface area contributed by atoms with Gasteiger partial charge in [0.25, 0.3) is 5.91 Å². The minimum Gasteiger partial charge on any atom is -0.370 e. The van der Waals surface area contributed by atoms with Crippen molar-refractivity contribution in [2.75, 3.05) is 12.4 Å². The summed E-state index contributed by atoms with van der Waals surface area (Å²) in [4.78, 5) is 16.4. The van der Waals surface area contributed by atoms with Gasteiger partial charge in [0.2, 0.25) is 0 Å². The number of pyridine rings is 1. The Morgan fingerprint density at radius 1 is 1.07 bits per heavy atom. The molecule has 1 amide bonds. The molecule has 3 aromatic rings. The number of nitrogens with one attached hydrogen (secondary N) is 2. The van der Waals surface area contributed by atoms with Gasteiger partial charge in [0.1, 0.15) is 0 Å². The molecule has 0 unspecified atom stereocenters. The van der Waals surface area contributed by atoms with Crippen LogP contribution in [0.3, 0.4) is 0 Å². The molecule has 2 N–H and O–H groups in total. The van der Waals surface area contributed by atoms with Crippen molar-refractivity contribution in [3.8, 4) is 0 Å². The average molecular weight is 369 g/mol. The van der Waals surface area contributed by atoms with Crippen LogP contribution in [0.4, 0.5) is 5.82 Å². The van der Waals surface area contributed by atoms with Crippen LogP contribution in [0.15, 0.2) is 30.7 Å². The van der Waals surface area contributed by atoms with Crippen LogP contribution < -0.4 is 10.6 Å². The van der Waals surface area contributed by atoms with Crippen LogP contribution in [0.2, 0.25) is 0 Å². The highest BCUT2D eigenvalue weighted by Gasteiger charge is 2.10. The zero-order valence-electron chi connectivity index (χ0n) is 15.5. The molecule has 0 aliphatic carbocycles. The van der Waals surface area contributed by atoms with Crippen LogP contribution in [-0.2, 0) is 19.6 Å². The maximum Gasteiger partial charge on any atom is 0.273 e. The van der Waals surface area contributed by atoms with E-state index in [1.54, 1.807) is 21.8 Å². The largest absolute Gasteiger partial charge is 0.370 e. The van der Waals surface area contributed by atoms with E-state index in [9.17, 15) is 4.79 Å². The minimum atomic E-state index is -0.246. The molecule has 0 aliphatic heterocycles. The lowest BCUT2D eigenvalue weighted by Crippen LogP contribution is -2.23. The monoisotopic (exact) mass is 369 g/mol. The zero-order chi connectivity index (χ0) is 19.1. The van der Waals surface area contributed by atoms with E-state index >= 15 is 0 Å². The van der Waals surface area contributed by atoms with E-state index in [1.807, 2.05) is 32.3 Å². The Kier molecular flexibility index (Phi) is 6.08. The molecule has 142 valence electrons.